The fourth-order valence-electron chi connectivity index (χ4n) is 1.82. The summed E-state index contributed by atoms with van der Waals surface area (Å²) in [7, 11) is 1.78. The minimum Gasteiger partial charge on any atom is -0.483 e. The average Bonchev–Trinajstić information content (AvgIpc) is 3.27. The molecule has 106 valence electrons. The van der Waals surface area contributed by atoms with Gasteiger partial charge in [0.05, 0.1) is 0 Å². The van der Waals surface area contributed by atoms with Crippen LogP contribution in [0.5, 0.6) is 5.75 Å². The van der Waals surface area contributed by atoms with Gasteiger partial charge in [0, 0.05) is 24.7 Å². The van der Waals surface area contributed by atoms with E-state index in [0.717, 1.165) is 18.9 Å². The van der Waals surface area contributed by atoms with E-state index in [9.17, 15) is 9.59 Å². The highest BCUT2D eigenvalue weighted by Gasteiger charge is 2.29. The van der Waals surface area contributed by atoms with E-state index in [1.165, 1.54) is 6.08 Å². The highest BCUT2D eigenvalue weighted by Crippen LogP contribution is 2.25. The van der Waals surface area contributed by atoms with E-state index >= 15 is 0 Å². The van der Waals surface area contributed by atoms with Crippen molar-refractivity contribution in [3.8, 4) is 5.75 Å². The lowest BCUT2D eigenvalue weighted by atomic mass is 10.2. The Hall–Kier alpha value is -2.30. The molecule has 0 saturated heterocycles. The normalized spacial score (nSPS) is 14.2. The third-order valence-electron chi connectivity index (χ3n) is 3.16. The first-order chi connectivity index (χ1) is 9.58. The molecule has 1 aliphatic rings. The van der Waals surface area contributed by atoms with Crippen molar-refractivity contribution in [3.63, 3.8) is 0 Å². The molecule has 1 aromatic carbocycles. The maximum Gasteiger partial charge on any atom is 0.328 e. The van der Waals surface area contributed by atoms with Crippen LogP contribution >= 0.6 is 0 Å². The molecule has 0 spiro atoms. The molecular formula is C15H17NO4. The minimum atomic E-state index is -1.02. The van der Waals surface area contributed by atoms with Gasteiger partial charge in [0.25, 0.3) is 5.91 Å². The number of amides is 1. The van der Waals surface area contributed by atoms with Gasteiger partial charge in [0.15, 0.2) is 6.61 Å². The lowest BCUT2D eigenvalue weighted by Gasteiger charge is -2.17. The van der Waals surface area contributed by atoms with Crippen LogP contribution in [-0.2, 0) is 9.59 Å². The van der Waals surface area contributed by atoms with Crippen molar-refractivity contribution in [2.45, 2.75) is 18.9 Å². The van der Waals surface area contributed by atoms with E-state index in [0.29, 0.717) is 17.4 Å². The smallest absolute Gasteiger partial charge is 0.328 e. The van der Waals surface area contributed by atoms with Gasteiger partial charge in [0.1, 0.15) is 5.75 Å². The number of ether oxygens (including phenoxy) is 1. The molecule has 0 aromatic heterocycles. The number of carbonyl (C=O) groups excluding carboxylic acids is 1. The molecule has 5 nitrogen and oxygen atoms in total. The van der Waals surface area contributed by atoms with Gasteiger partial charge in [-0.3, -0.25) is 4.79 Å². The van der Waals surface area contributed by atoms with Gasteiger partial charge < -0.3 is 14.7 Å². The fraction of sp³-hybridized carbons (Fsp3) is 0.333. The van der Waals surface area contributed by atoms with Crippen molar-refractivity contribution < 1.29 is 19.4 Å². The summed E-state index contributed by atoms with van der Waals surface area (Å²) in [6.07, 6.45) is 4.60. The largest absolute Gasteiger partial charge is 0.483 e. The Morgan fingerprint density at radius 2 is 2.10 bits per heavy atom. The van der Waals surface area contributed by atoms with Crippen LogP contribution < -0.4 is 4.74 Å². The van der Waals surface area contributed by atoms with Crippen LogP contribution in [0.3, 0.4) is 0 Å². The monoisotopic (exact) mass is 275 g/mol. The summed E-state index contributed by atoms with van der Waals surface area (Å²) in [5.74, 6) is -0.587. The summed E-state index contributed by atoms with van der Waals surface area (Å²) in [4.78, 5) is 24.1. The lowest BCUT2D eigenvalue weighted by molar-refractivity contribution is -0.133. The van der Waals surface area contributed by atoms with Crippen LogP contribution in [-0.4, -0.2) is 41.6 Å². The molecule has 5 heteroatoms. The van der Waals surface area contributed by atoms with Gasteiger partial charge >= 0.3 is 5.97 Å². The third-order valence-corrected chi connectivity index (χ3v) is 3.16. The highest BCUT2D eigenvalue weighted by atomic mass is 16.5. The minimum absolute atomic E-state index is 0.0368. The summed E-state index contributed by atoms with van der Waals surface area (Å²) in [5, 5.41) is 8.64. The SMILES string of the molecule is CN(C(=O)COc1ccccc1C=CC(=O)O)C1CC1. The first-order valence-electron chi connectivity index (χ1n) is 6.46. The number of hydrogen-bond acceptors (Lipinski definition) is 3. The first kappa shape index (κ1) is 14.1. The molecule has 0 unspecified atom stereocenters. The van der Waals surface area contributed by atoms with Gasteiger partial charge in [-0.1, -0.05) is 18.2 Å². The summed E-state index contributed by atoms with van der Waals surface area (Å²) in [5.41, 5.74) is 0.636. The number of benzene rings is 1. The van der Waals surface area contributed by atoms with Crippen molar-refractivity contribution in [3.05, 3.63) is 35.9 Å². The van der Waals surface area contributed by atoms with Gasteiger partial charge in [-0.15, -0.1) is 0 Å². The number of nitrogens with zero attached hydrogens (tertiary/aromatic N) is 1. The molecule has 0 atom stereocenters. The number of para-hydroxylation sites is 1. The average molecular weight is 275 g/mol. The zero-order valence-electron chi connectivity index (χ0n) is 11.3. The van der Waals surface area contributed by atoms with Gasteiger partial charge in [0.2, 0.25) is 0 Å². The van der Waals surface area contributed by atoms with Crippen molar-refractivity contribution in [1.82, 2.24) is 4.90 Å². The van der Waals surface area contributed by atoms with Crippen LogP contribution in [0.1, 0.15) is 18.4 Å². The third kappa shape index (κ3) is 3.85. The predicted molar refractivity (Wildman–Crippen MR) is 74.4 cm³/mol. The Morgan fingerprint density at radius 3 is 2.75 bits per heavy atom. The second-order valence-corrected chi connectivity index (χ2v) is 4.73. The topological polar surface area (TPSA) is 66.8 Å². The number of carboxylic acids is 1. The van der Waals surface area contributed by atoms with Crippen molar-refractivity contribution in [2.75, 3.05) is 13.7 Å². The summed E-state index contributed by atoms with van der Waals surface area (Å²) in [6, 6.07) is 7.37. The molecule has 0 aliphatic heterocycles. The molecule has 0 radical (unpaired) electrons. The van der Waals surface area contributed by atoms with Gasteiger partial charge in [-0.2, -0.15) is 0 Å². The van der Waals surface area contributed by atoms with Crippen LogP contribution in [0.25, 0.3) is 6.08 Å². The Bertz CT molecular complexity index is 534. The molecule has 1 aliphatic carbocycles. The molecular weight excluding hydrogens is 258 g/mol. The molecule has 1 amide bonds. The highest BCUT2D eigenvalue weighted by molar-refractivity contribution is 5.86. The zero-order chi connectivity index (χ0) is 14.5. The zero-order valence-corrected chi connectivity index (χ0v) is 11.3. The predicted octanol–water partition coefficient (Wildman–Crippen LogP) is 1.78. The van der Waals surface area contributed by atoms with Crippen LogP contribution in [0.4, 0.5) is 0 Å². The quantitative estimate of drug-likeness (QED) is 0.804. The van der Waals surface area contributed by atoms with Crippen LogP contribution in [0.15, 0.2) is 30.3 Å². The summed E-state index contributed by atoms with van der Waals surface area (Å²) in [6.45, 7) is -0.0368. The Kier molecular flexibility index (Phi) is 4.40. The number of hydrogen-bond donors (Lipinski definition) is 1. The summed E-state index contributed by atoms with van der Waals surface area (Å²) >= 11 is 0. The second kappa shape index (κ2) is 6.23. The van der Waals surface area contributed by atoms with Crippen molar-refractivity contribution >= 4 is 18.0 Å². The second-order valence-electron chi connectivity index (χ2n) is 4.73. The number of carboxylic acid groups (broad SMARTS) is 1. The summed E-state index contributed by atoms with van der Waals surface area (Å²) < 4.78 is 5.49. The Labute approximate surface area is 117 Å². The van der Waals surface area contributed by atoms with E-state index in [1.807, 2.05) is 0 Å². The van der Waals surface area contributed by atoms with E-state index in [-0.39, 0.29) is 12.5 Å². The van der Waals surface area contributed by atoms with E-state index in [1.54, 1.807) is 36.2 Å². The lowest BCUT2D eigenvalue weighted by Crippen LogP contribution is -2.33. The molecule has 0 bridgehead atoms. The van der Waals surface area contributed by atoms with Crippen molar-refractivity contribution in [2.24, 2.45) is 0 Å². The van der Waals surface area contributed by atoms with E-state index in [2.05, 4.69) is 0 Å². The van der Waals surface area contributed by atoms with E-state index < -0.39 is 5.97 Å². The standard InChI is InChI=1S/C15H17NO4/c1-16(12-7-8-12)14(17)10-20-13-5-3-2-4-11(13)6-9-15(18)19/h2-6,9,12H,7-8,10H2,1H3,(H,18,19). The number of rotatable bonds is 6. The van der Waals surface area contributed by atoms with Crippen LogP contribution in [0.2, 0.25) is 0 Å². The number of carbonyl (C=O) groups is 2. The molecule has 1 fully saturated rings. The van der Waals surface area contributed by atoms with Crippen molar-refractivity contribution in [1.29, 1.82) is 0 Å². The Morgan fingerprint density at radius 1 is 1.40 bits per heavy atom. The fourth-order valence-corrected chi connectivity index (χ4v) is 1.82. The van der Waals surface area contributed by atoms with Gasteiger partial charge in [-0.05, 0) is 25.0 Å². The van der Waals surface area contributed by atoms with Crippen LogP contribution in [0, 0.1) is 0 Å². The molecule has 20 heavy (non-hydrogen) atoms. The molecule has 0 heterocycles. The van der Waals surface area contributed by atoms with Gasteiger partial charge in [-0.25, -0.2) is 4.79 Å². The molecule has 1 aromatic rings. The first-order valence-corrected chi connectivity index (χ1v) is 6.46. The number of aliphatic carboxylic acids is 1. The maximum absolute atomic E-state index is 11.9. The van der Waals surface area contributed by atoms with E-state index in [4.69, 9.17) is 9.84 Å². The molecule has 1 N–H and O–H groups in total. The Balaban J connectivity index is 1.98. The number of likely N-dealkylation sites (N-methyl/N-ethyl adjacent to an activating group) is 1. The maximum atomic E-state index is 11.9. The molecule has 1 saturated carbocycles. The molecule has 2 rings (SSSR count).